The maximum Gasteiger partial charge on any atom is -0.0132 e. The Balaban J connectivity index is 2.12. The number of hydrogen-bond acceptors (Lipinski definition) is 0. The molecular weight excluding hydrogens is 228 g/mol. The van der Waals surface area contributed by atoms with Crippen LogP contribution in [0.4, 0.5) is 0 Å². The van der Waals surface area contributed by atoms with Gasteiger partial charge >= 0.3 is 0 Å². The average molecular weight is 254 g/mol. The molecule has 0 heteroatoms. The van der Waals surface area contributed by atoms with Crippen molar-refractivity contribution in [2.24, 2.45) is 0 Å². The molecule has 0 aliphatic heterocycles. The van der Waals surface area contributed by atoms with E-state index in [1.165, 1.54) is 49.7 Å². The van der Waals surface area contributed by atoms with Crippen LogP contribution in [0, 0.1) is 0 Å². The number of fused-ring (bicyclic) bond motifs is 1. The highest BCUT2D eigenvalue weighted by molar-refractivity contribution is 5.61. The first kappa shape index (κ1) is 13.0. The minimum Gasteiger partial charge on any atom is -0.0836 e. The molecule has 0 nitrogen and oxygen atoms in total. The second-order valence-electron chi connectivity index (χ2n) is 7.31. The van der Waals surface area contributed by atoms with E-state index in [9.17, 15) is 0 Å². The summed E-state index contributed by atoms with van der Waals surface area (Å²) in [6.07, 6.45) is 12.8. The number of benzene rings is 1. The van der Waals surface area contributed by atoms with Crippen LogP contribution >= 0.6 is 0 Å². The zero-order valence-electron chi connectivity index (χ0n) is 12.6. The van der Waals surface area contributed by atoms with Crippen LogP contribution in [0.15, 0.2) is 18.2 Å². The fourth-order valence-corrected chi connectivity index (χ4v) is 3.63. The number of rotatable bonds is 1. The molecule has 0 saturated heterocycles. The monoisotopic (exact) mass is 254 g/mol. The van der Waals surface area contributed by atoms with Crippen LogP contribution in [0.5, 0.6) is 0 Å². The standard InChI is InChI=1S/C19H26/c1-19(2,3)16-12-15-10-6-7-11-17(15)18(13-16)14-8-4-5-9-14/h6,10,12-14H,4-5,7-9,11H2,1-3H3. The van der Waals surface area contributed by atoms with Crippen LogP contribution in [0.3, 0.4) is 0 Å². The third kappa shape index (κ3) is 2.50. The van der Waals surface area contributed by atoms with Crippen molar-refractivity contribution >= 4 is 6.08 Å². The van der Waals surface area contributed by atoms with Gasteiger partial charge in [-0.15, -0.1) is 0 Å². The van der Waals surface area contributed by atoms with E-state index in [1.54, 1.807) is 11.1 Å². The highest BCUT2D eigenvalue weighted by Gasteiger charge is 2.25. The van der Waals surface area contributed by atoms with Gasteiger partial charge in [-0.05, 0) is 59.3 Å². The Bertz CT molecular complexity index is 494. The first-order chi connectivity index (χ1) is 9.05. The summed E-state index contributed by atoms with van der Waals surface area (Å²) in [5, 5.41) is 0. The fraction of sp³-hybridized carbons (Fsp3) is 0.579. The van der Waals surface area contributed by atoms with Crippen LogP contribution in [-0.2, 0) is 11.8 Å². The molecule has 0 spiro atoms. The quantitative estimate of drug-likeness (QED) is 0.612. The van der Waals surface area contributed by atoms with E-state index in [4.69, 9.17) is 0 Å². The summed E-state index contributed by atoms with van der Waals surface area (Å²) < 4.78 is 0. The molecule has 1 saturated carbocycles. The molecule has 0 bridgehead atoms. The lowest BCUT2D eigenvalue weighted by atomic mass is 9.78. The number of allylic oxidation sites excluding steroid dienone is 1. The minimum absolute atomic E-state index is 0.258. The Labute approximate surface area is 117 Å². The molecule has 2 aliphatic rings. The summed E-state index contributed by atoms with van der Waals surface area (Å²) in [6, 6.07) is 4.97. The van der Waals surface area contributed by atoms with E-state index < -0.39 is 0 Å². The van der Waals surface area contributed by atoms with Gasteiger partial charge in [-0.25, -0.2) is 0 Å². The van der Waals surface area contributed by atoms with Crippen molar-refractivity contribution in [3.05, 3.63) is 40.5 Å². The van der Waals surface area contributed by atoms with Gasteiger partial charge in [-0.1, -0.05) is 57.9 Å². The van der Waals surface area contributed by atoms with Gasteiger partial charge in [-0.3, -0.25) is 0 Å². The van der Waals surface area contributed by atoms with E-state index in [0.717, 1.165) is 5.92 Å². The Morgan fingerprint density at radius 3 is 2.47 bits per heavy atom. The maximum atomic E-state index is 2.54. The summed E-state index contributed by atoms with van der Waals surface area (Å²) in [4.78, 5) is 0. The molecule has 1 aromatic rings. The Hall–Kier alpha value is -1.04. The van der Waals surface area contributed by atoms with Gasteiger partial charge in [0, 0.05) is 0 Å². The summed E-state index contributed by atoms with van der Waals surface area (Å²) >= 11 is 0. The first-order valence-corrected chi connectivity index (χ1v) is 7.89. The third-order valence-corrected chi connectivity index (χ3v) is 4.84. The molecule has 2 aliphatic carbocycles. The van der Waals surface area contributed by atoms with Crippen LogP contribution in [0.2, 0.25) is 0 Å². The largest absolute Gasteiger partial charge is 0.0836 e. The van der Waals surface area contributed by atoms with E-state index in [2.05, 4.69) is 45.1 Å². The smallest absolute Gasteiger partial charge is 0.0132 e. The third-order valence-electron chi connectivity index (χ3n) is 4.84. The lowest BCUT2D eigenvalue weighted by Gasteiger charge is -2.26. The number of hydrogen-bond donors (Lipinski definition) is 0. The van der Waals surface area contributed by atoms with Crippen molar-refractivity contribution < 1.29 is 0 Å². The fourth-order valence-electron chi connectivity index (χ4n) is 3.63. The average Bonchev–Trinajstić information content (AvgIpc) is 2.90. The maximum absolute atomic E-state index is 2.54. The van der Waals surface area contributed by atoms with E-state index in [1.807, 2.05) is 0 Å². The molecule has 19 heavy (non-hydrogen) atoms. The predicted molar refractivity (Wildman–Crippen MR) is 83.7 cm³/mol. The van der Waals surface area contributed by atoms with Crippen molar-refractivity contribution in [2.45, 2.75) is 70.6 Å². The molecule has 3 rings (SSSR count). The van der Waals surface area contributed by atoms with Gasteiger partial charge in [0.2, 0.25) is 0 Å². The lowest BCUT2D eigenvalue weighted by molar-refractivity contribution is 0.585. The molecule has 0 heterocycles. The van der Waals surface area contributed by atoms with E-state index in [-0.39, 0.29) is 5.41 Å². The summed E-state index contributed by atoms with van der Waals surface area (Å²) in [5.41, 5.74) is 6.61. The Morgan fingerprint density at radius 1 is 1.05 bits per heavy atom. The summed E-state index contributed by atoms with van der Waals surface area (Å²) in [7, 11) is 0. The van der Waals surface area contributed by atoms with E-state index >= 15 is 0 Å². The van der Waals surface area contributed by atoms with Crippen LogP contribution < -0.4 is 0 Å². The van der Waals surface area contributed by atoms with Crippen LogP contribution in [0.1, 0.15) is 81.0 Å². The molecule has 0 radical (unpaired) electrons. The van der Waals surface area contributed by atoms with Crippen molar-refractivity contribution in [1.82, 2.24) is 0 Å². The highest BCUT2D eigenvalue weighted by Crippen LogP contribution is 2.40. The van der Waals surface area contributed by atoms with Crippen molar-refractivity contribution in [1.29, 1.82) is 0 Å². The van der Waals surface area contributed by atoms with Crippen LogP contribution in [-0.4, -0.2) is 0 Å². The Morgan fingerprint density at radius 2 is 1.79 bits per heavy atom. The van der Waals surface area contributed by atoms with Crippen molar-refractivity contribution in [3.63, 3.8) is 0 Å². The molecular formula is C19H26. The first-order valence-electron chi connectivity index (χ1n) is 7.89. The molecule has 0 aromatic heterocycles. The highest BCUT2D eigenvalue weighted by atomic mass is 14.3. The summed E-state index contributed by atoms with van der Waals surface area (Å²) in [6.45, 7) is 7.00. The van der Waals surface area contributed by atoms with E-state index in [0.29, 0.717) is 0 Å². The van der Waals surface area contributed by atoms with Crippen molar-refractivity contribution in [2.75, 3.05) is 0 Å². The molecule has 0 amide bonds. The molecule has 1 aromatic carbocycles. The van der Waals surface area contributed by atoms with Gasteiger partial charge in [-0.2, -0.15) is 0 Å². The Kier molecular flexibility index (Phi) is 3.28. The van der Waals surface area contributed by atoms with Gasteiger partial charge in [0.05, 0.1) is 0 Å². The second kappa shape index (κ2) is 4.81. The topological polar surface area (TPSA) is 0 Å². The molecule has 1 fully saturated rings. The van der Waals surface area contributed by atoms with Crippen LogP contribution in [0.25, 0.3) is 6.08 Å². The SMILES string of the molecule is CC(C)(C)c1cc2c(c(C3CCCC3)c1)CCC=C2. The van der Waals surface area contributed by atoms with Gasteiger partial charge in [0.15, 0.2) is 0 Å². The predicted octanol–water partition coefficient (Wildman–Crippen LogP) is 5.60. The van der Waals surface area contributed by atoms with Gasteiger partial charge in [0.25, 0.3) is 0 Å². The zero-order chi connectivity index (χ0) is 13.5. The molecule has 0 atom stereocenters. The molecule has 102 valence electrons. The molecule has 0 unspecified atom stereocenters. The summed E-state index contributed by atoms with van der Waals surface area (Å²) in [5.74, 6) is 0.836. The normalized spacial score (nSPS) is 19.7. The van der Waals surface area contributed by atoms with Gasteiger partial charge in [0.1, 0.15) is 0 Å². The molecule has 0 N–H and O–H groups in total. The minimum atomic E-state index is 0.258. The zero-order valence-corrected chi connectivity index (χ0v) is 12.6. The van der Waals surface area contributed by atoms with Crippen molar-refractivity contribution in [3.8, 4) is 0 Å². The lowest BCUT2D eigenvalue weighted by Crippen LogP contribution is -2.14. The second-order valence-corrected chi connectivity index (χ2v) is 7.31. The van der Waals surface area contributed by atoms with Gasteiger partial charge < -0.3 is 0 Å².